The molecule has 1 unspecified atom stereocenters. The van der Waals surface area contributed by atoms with Crippen LogP contribution in [0, 0.1) is 0 Å². The fourth-order valence-electron chi connectivity index (χ4n) is 1.84. The Morgan fingerprint density at radius 2 is 2.06 bits per heavy atom. The summed E-state index contributed by atoms with van der Waals surface area (Å²) in [6.07, 6.45) is -0.187. The van der Waals surface area contributed by atoms with Gasteiger partial charge in [0.1, 0.15) is 11.8 Å². The molecule has 2 aromatic heterocycles. The third-order valence-corrected chi connectivity index (χ3v) is 3.30. The molecular weight excluding hydrogens is 246 g/mol. The van der Waals surface area contributed by atoms with Crippen LogP contribution in [-0.2, 0) is 6.42 Å². The number of aliphatic hydroxyl groups is 1. The minimum absolute atomic E-state index is 0.455. The quantitative estimate of drug-likeness (QED) is 0.782. The summed E-state index contributed by atoms with van der Waals surface area (Å²) in [4.78, 5) is 4.52. The van der Waals surface area contributed by atoms with E-state index in [-0.39, 0.29) is 0 Å². The van der Waals surface area contributed by atoms with Gasteiger partial charge in [0.2, 0.25) is 0 Å². The summed E-state index contributed by atoms with van der Waals surface area (Å²) in [5.74, 6) is 0. The second-order valence-electron chi connectivity index (χ2n) is 4.04. The Morgan fingerprint density at radius 1 is 1.17 bits per heavy atom. The van der Waals surface area contributed by atoms with Crippen LogP contribution in [0.3, 0.4) is 0 Å². The van der Waals surface area contributed by atoms with E-state index >= 15 is 0 Å². The number of pyridine rings is 1. The average molecular weight is 257 g/mol. The third-order valence-electron chi connectivity index (χ3n) is 2.78. The SMILES string of the molecule is OC(Cc1ccc2ccccc2n1)c1csnn1. The van der Waals surface area contributed by atoms with Gasteiger partial charge in [0.15, 0.2) is 0 Å². The summed E-state index contributed by atoms with van der Waals surface area (Å²) in [7, 11) is 0. The molecule has 0 saturated heterocycles. The normalized spacial score (nSPS) is 12.7. The van der Waals surface area contributed by atoms with Crippen molar-refractivity contribution in [2.24, 2.45) is 0 Å². The van der Waals surface area contributed by atoms with Crippen molar-refractivity contribution in [3.8, 4) is 0 Å². The lowest BCUT2D eigenvalue weighted by molar-refractivity contribution is 0.172. The van der Waals surface area contributed by atoms with Crippen molar-refractivity contribution in [1.82, 2.24) is 14.6 Å². The van der Waals surface area contributed by atoms with Gasteiger partial charge in [-0.2, -0.15) is 0 Å². The zero-order chi connectivity index (χ0) is 12.4. The first-order valence-electron chi connectivity index (χ1n) is 5.62. The number of hydrogen-bond acceptors (Lipinski definition) is 5. The van der Waals surface area contributed by atoms with Crippen LogP contribution in [0.15, 0.2) is 41.8 Å². The number of aliphatic hydroxyl groups excluding tert-OH is 1. The molecule has 0 fully saturated rings. The molecule has 0 saturated carbocycles. The molecule has 0 amide bonds. The number of rotatable bonds is 3. The van der Waals surface area contributed by atoms with Gasteiger partial charge in [0.25, 0.3) is 0 Å². The van der Waals surface area contributed by atoms with E-state index in [0.29, 0.717) is 12.1 Å². The average Bonchev–Trinajstić information content (AvgIpc) is 2.92. The molecule has 18 heavy (non-hydrogen) atoms. The Morgan fingerprint density at radius 3 is 2.89 bits per heavy atom. The monoisotopic (exact) mass is 257 g/mol. The first-order valence-corrected chi connectivity index (χ1v) is 6.46. The molecule has 1 atom stereocenters. The highest BCUT2D eigenvalue weighted by molar-refractivity contribution is 7.03. The van der Waals surface area contributed by atoms with E-state index in [1.54, 1.807) is 5.38 Å². The lowest BCUT2D eigenvalue weighted by Crippen LogP contribution is -2.04. The van der Waals surface area contributed by atoms with Gasteiger partial charge in [0.05, 0.1) is 5.52 Å². The second-order valence-corrected chi connectivity index (χ2v) is 4.65. The van der Waals surface area contributed by atoms with Gasteiger partial charge < -0.3 is 5.11 Å². The minimum atomic E-state index is -0.641. The van der Waals surface area contributed by atoms with E-state index in [1.165, 1.54) is 11.5 Å². The number of para-hydroxylation sites is 1. The molecule has 0 bridgehead atoms. The standard InChI is InChI=1S/C13H11N3OS/c17-13(12-8-18-16-15-12)7-10-6-5-9-3-1-2-4-11(9)14-10/h1-6,8,13,17H,7H2. The molecule has 0 radical (unpaired) electrons. The smallest absolute Gasteiger partial charge is 0.104 e. The topological polar surface area (TPSA) is 58.9 Å². The van der Waals surface area contributed by atoms with Crippen LogP contribution in [0.2, 0.25) is 0 Å². The summed E-state index contributed by atoms with van der Waals surface area (Å²) in [5.41, 5.74) is 2.41. The van der Waals surface area contributed by atoms with Crippen LogP contribution in [0.1, 0.15) is 17.5 Å². The first-order chi connectivity index (χ1) is 8.83. The summed E-state index contributed by atoms with van der Waals surface area (Å²) in [5, 5.41) is 16.7. The Labute approximate surface area is 108 Å². The molecular formula is C13H11N3OS. The van der Waals surface area contributed by atoms with Gasteiger partial charge >= 0.3 is 0 Å². The molecule has 0 aliphatic heterocycles. The Kier molecular flexibility index (Phi) is 3.00. The van der Waals surface area contributed by atoms with E-state index in [0.717, 1.165) is 16.6 Å². The molecule has 1 aromatic carbocycles. The van der Waals surface area contributed by atoms with Crippen LogP contribution < -0.4 is 0 Å². The number of fused-ring (bicyclic) bond motifs is 1. The summed E-state index contributed by atoms with van der Waals surface area (Å²) in [6.45, 7) is 0. The van der Waals surface area contributed by atoms with Gasteiger partial charge in [-0.05, 0) is 23.7 Å². The number of nitrogens with zero attached hydrogens (tertiary/aromatic N) is 3. The Bertz CT molecular complexity index is 654. The van der Waals surface area contributed by atoms with Gasteiger partial charge in [-0.15, -0.1) is 5.10 Å². The maximum atomic E-state index is 10.00. The lowest BCUT2D eigenvalue weighted by atomic mass is 10.1. The van der Waals surface area contributed by atoms with E-state index in [1.807, 2.05) is 36.4 Å². The van der Waals surface area contributed by atoms with Crippen LogP contribution in [0.25, 0.3) is 10.9 Å². The molecule has 3 rings (SSSR count). The third kappa shape index (κ3) is 2.23. The minimum Gasteiger partial charge on any atom is -0.386 e. The van der Waals surface area contributed by atoms with Gasteiger partial charge in [0, 0.05) is 22.9 Å². The maximum absolute atomic E-state index is 10.00. The maximum Gasteiger partial charge on any atom is 0.104 e. The molecule has 90 valence electrons. The highest BCUT2D eigenvalue weighted by Gasteiger charge is 2.12. The zero-order valence-electron chi connectivity index (χ0n) is 9.52. The molecule has 1 N–H and O–H groups in total. The van der Waals surface area contributed by atoms with Crippen molar-refractivity contribution in [1.29, 1.82) is 0 Å². The van der Waals surface area contributed by atoms with Gasteiger partial charge in [-0.25, -0.2) is 0 Å². The summed E-state index contributed by atoms with van der Waals surface area (Å²) < 4.78 is 3.75. The summed E-state index contributed by atoms with van der Waals surface area (Å²) >= 11 is 1.24. The van der Waals surface area contributed by atoms with Gasteiger partial charge in [-0.1, -0.05) is 28.8 Å². The fraction of sp³-hybridized carbons (Fsp3) is 0.154. The first kappa shape index (κ1) is 11.3. The molecule has 0 aliphatic rings. The van der Waals surface area contributed by atoms with Crippen LogP contribution in [-0.4, -0.2) is 19.7 Å². The van der Waals surface area contributed by atoms with Crippen LogP contribution in [0.4, 0.5) is 0 Å². The molecule has 2 heterocycles. The van der Waals surface area contributed by atoms with Crippen LogP contribution >= 0.6 is 11.5 Å². The van der Waals surface area contributed by atoms with Crippen molar-refractivity contribution in [3.05, 3.63) is 53.2 Å². The van der Waals surface area contributed by atoms with Crippen molar-refractivity contribution < 1.29 is 5.11 Å². The summed E-state index contributed by atoms with van der Waals surface area (Å²) in [6, 6.07) is 11.9. The molecule has 4 nitrogen and oxygen atoms in total. The van der Waals surface area contributed by atoms with Crippen molar-refractivity contribution in [2.45, 2.75) is 12.5 Å². The van der Waals surface area contributed by atoms with E-state index in [4.69, 9.17) is 0 Å². The number of hydrogen-bond donors (Lipinski definition) is 1. The van der Waals surface area contributed by atoms with E-state index < -0.39 is 6.10 Å². The molecule has 3 aromatic rings. The van der Waals surface area contributed by atoms with Crippen molar-refractivity contribution >= 4 is 22.4 Å². The lowest BCUT2D eigenvalue weighted by Gasteiger charge is -2.07. The number of benzene rings is 1. The largest absolute Gasteiger partial charge is 0.386 e. The predicted octanol–water partition coefficient (Wildman–Crippen LogP) is 2.36. The molecule has 0 spiro atoms. The Balaban J connectivity index is 1.86. The fourth-order valence-corrected chi connectivity index (χ4v) is 2.34. The Hall–Kier alpha value is -1.85. The zero-order valence-corrected chi connectivity index (χ0v) is 10.3. The van der Waals surface area contributed by atoms with Gasteiger partial charge in [-0.3, -0.25) is 4.98 Å². The molecule has 0 aliphatic carbocycles. The highest BCUT2D eigenvalue weighted by atomic mass is 32.1. The van der Waals surface area contributed by atoms with E-state index in [9.17, 15) is 5.11 Å². The predicted molar refractivity (Wildman–Crippen MR) is 70.3 cm³/mol. The molecule has 5 heteroatoms. The highest BCUT2D eigenvalue weighted by Crippen LogP contribution is 2.18. The van der Waals surface area contributed by atoms with E-state index in [2.05, 4.69) is 14.6 Å². The van der Waals surface area contributed by atoms with Crippen LogP contribution in [0.5, 0.6) is 0 Å². The van der Waals surface area contributed by atoms with Crippen molar-refractivity contribution in [2.75, 3.05) is 0 Å². The second kappa shape index (κ2) is 4.80. The van der Waals surface area contributed by atoms with Crippen molar-refractivity contribution in [3.63, 3.8) is 0 Å². The number of aromatic nitrogens is 3.